The Labute approximate surface area is 120 Å². The third-order valence-electron chi connectivity index (χ3n) is 3.27. The van der Waals surface area contributed by atoms with E-state index in [1.165, 1.54) is 25.7 Å². The Kier molecular flexibility index (Phi) is 6.12. The molecule has 2 rings (SSSR count). The van der Waals surface area contributed by atoms with Gasteiger partial charge in [-0.1, -0.05) is 18.9 Å². The first-order valence-electron chi connectivity index (χ1n) is 6.58. The SMILES string of the molecule is CC(N)C(=O)Nc1cccc(NC2CCCC2)c1.Cl. The molecule has 1 aliphatic rings. The summed E-state index contributed by atoms with van der Waals surface area (Å²) in [4.78, 5) is 11.5. The zero-order valence-electron chi connectivity index (χ0n) is 11.2. The van der Waals surface area contributed by atoms with Gasteiger partial charge in [0.15, 0.2) is 0 Å². The number of hydrogen-bond acceptors (Lipinski definition) is 3. The molecule has 0 saturated heterocycles. The van der Waals surface area contributed by atoms with Gasteiger partial charge in [-0.25, -0.2) is 0 Å². The number of hydrogen-bond donors (Lipinski definition) is 3. The zero-order chi connectivity index (χ0) is 13.0. The van der Waals surface area contributed by atoms with Crippen molar-refractivity contribution in [2.45, 2.75) is 44.7 Å². The molecule has 1 aromatic rings. The van der Waals surface area contributed by atoms with E-state index in [-0.39, 0.29) is 18.3 Å². The van der Waals surface area contributed by atoms with Crippen LogP contribution < -0.4 is 16.4 Å². The summed E-state index contributed by atoms with van der Waals surface area (Å²) in [5, 5.41) is 6.30. The maximum absolute atomic E-state index is 11.5. The first kappa shape index (κ1) is 15.8. The van der Waals surface area contributed by atoms with Gasteiger partial charge >= 0.3 is 0 Å². The van der Waals surface area contributed by atoms with Crippen LogP contribution in [0.2, 0.25) is 0 Å². The number of carbonyl (C=O) groups excluding carboxylic acids is 1. The number of amides is 1. The Bertz CT molecular complexity index is 417. The predicted molar refractivity (Wildman–Crippen MR) is 81.8 cm³/mol. The lowest BCUT2D eigenvalue weighted by Gasteiger charge is -2.15. The van der Waals surface area contributed by atoms with E-state index >= 15 is 0 Å². The number of nitrogens with one attached hydrogen (secondary N) is 2. The summed E-state index contributed by atoms with van der Waals surface area (Å²) in [5.41, 5.74) is 7.38. The molecule has 1 unspecified atom stereocenters. The first-order valence-corrected chi connectivity index (χ1v) is 6.58. The molecule has 0 radical (unpaired) electrons. The van der Waals surface area contributed by atoms with Gasteiger partial charge in [-0.05, 0) is 38.0 Å². The summed E-state index contributed by atoms with van der Waals surface area (Å²) in [6.07, 6.45) is 5.07. The van der Waals surface area contributed by atoms with Gasteiger partial charge < -0.3 is 16.4 Å². The molecule has 19 heavy (non-hydrogen) atoms. The molecular weight excluding hydrogens is 262 g/mol. The van der Waals surface area contributed by atoms with E-state index in [2.05, 4.69) is 10.6 Å². The zero-order valence-corrected chi connectivity index (χ0v) is 12.0. The van der Waals surface area contributed by atoms with Crippen molar-refractivity contribution in [3.8, 4) is 0 Å². The molecule has 1 aliphatic carbocycles. The van der Waals surface area contributed by atoms with Crippen LogP contribution in [0.3, 0.4) is 0 Å². The van der Waals surface area contributed by atoms with Crippen molar-refractivity contribution in [2.75, 3.05) is 10.6 Å². The van der Waals surface area contributed by atoms with Crippen molar-refractivity contribution in [3.63, 3.8) is 0 Å². The van der Waals surface area contributed by atoms with Crippen molar-refractivity contribution < 1.29 is 4.79 Å². The topological polar surface area (TPSA) is 67.2 Å². The molecule has 0 bridgehead atoms. The molecule has 0 aliphatic heterocycles. The molecule has 1 atom stereocenters. The molecule has 0 spiro atoms. The number of nitrogens with two attached hydrogens (primary N) is 1. The van der Waals surface area contributed by atoms with E-state index in [1.54, 1.807) is 6.92 Å². The van der Waals surface area contributed by atoms with Crippen LogP contribution in [0.1, 0.15) is 32.6 Å². The number of halogens is 1. The molecule has 1 fully saturated rings. The molecule has 4 N–H and O–H groups in total. The Balaban J connectivity index is 0.00000180. The number of rotatable bonds is 4. The fraction of sp³-hybridized carbons (Fsp3) is 0.500. The Morgan fingerprint density at radius 3 is 2.58 bits per heavy atom. The predicted octanol–water partition coefficient (Wildman–Crippen LogP) is 2.75. The third kappa shape index (κ3) is 4.73. The van der Waals surface area contributed by atoms with Crippen LogP contribution in [0.5, 0.6) is 0 Å². The molecule has 4 nitrogen and oxygen atoms in total. The molecule has 0 heterocycles. The highest BCUT2D eigenvalue weighted by Crippen LogP contribution is 2.23. The highest BCUT2D eigenvalue weighted by molar-refractivity contribution is 5.94. The summed E-state index contributed by atoms with van der Waals surface area (Å²) in [6.45, 7) is 1.68. The molecule has 106 valence electrons. The summed E-state index contributed by atoms with van der Waals surface area (Å²) < 4.78 is 0. The number of anilines is 2. The molecule has 5 heteroatoms. The average molecular weight is 284 g/mol. The Hall–Kier alpha value is -1.26. The number of carbonyl (C=O) groups is 1. The fourth-order valence-electron chi connectivity index (χ4n) is 2.25. The van der Waals surface area contributed by atoms with Gasteiger partial charge in [-0.3, -0.25) is 4.79 Å². The lowest BCUT2D eigenvalue weighted by atomic mass is 10.2. The normalized spacial score (nSPS) is 16.5. The van der Waals surface area contributed by atoms with E-state index in [4.69, 9.17) is 5.73 Å². The second-order valence-electron chi connectivity index (χ2n) is 4.98. The molecule has 0 aromatic heterocycles. The van der Waals surface area contributed by atoms with Gasteiger partial charge in [-0.15, -0.1) is 12.4 Å². The quantitative estimate of drug-likeness (QED) is 0.796. The van der Waals surface area contributed by atoms with E-state index in [0.717, 1.165) is 11.4 Å². The van der Waals surface area contributed by atoms with Gasteiger partial charge in [0.25, 0.3) is 0 Å². The van der Waals surface area contributed by atoms with Crippen LogP contribution >= 0.6 is 12.4 Å². The van der Waals surface area contributed by atoms with Crippen LogP contribution in [0.15, 0.2) is 24.3 Å². The smallest absolute Gasteiger partial charge is 0.240 e. The van der Waals surface area contributed by atoms with Crippen molar-refractivity contribution in [3.05, 3.63) is 24.3 Å². The van der Waals surface area contributed by atoms with Crippen molar-refractivity contribution >= 4 is 29.7 Å². The largest absolute Gasteiger partial charge is 0.382 e. The Morgan fingerprint density at radius 1 is 1.32 bits per heavy atom. The highest BCUT2D eigenvalue weighted by Gasteiger charge is 2.14. The second kappa shape index (κ2) is 7.36. The molecule has 1 saturated carbocycles. The summed E-state index contributed by atoms with van der Waals surface area (Å²) in [7, 11) is 0. The third-order valence-corrected chi connectivity index (χ3v) is 3.27. The molecular formula is C14H22ClN3O. The summed E-state index contributed by atoms with van der Waals surface area (Å²) in [5.74, 6) is -0.159. The van der Waals surface area contributed by atoms with Crippen LogP contribution in [0.4, 0.5) is 11.4 Å². The van der Waals surface area contributed by atoms with E-state index in [9.17, 15) is 4.79 Å². The van der Waals surface area contributed by atoms with Crippen LogP contribution in [-0.4, -0.2) is 18.0 Å². The lowest BCUT2D eigenvalue weighted by molar-refractivity contribution is -0.117. The summed E-state index contributed by atoms with van der Waals surface area (Å²) >= 11 is 0. The van der Waals surface area contributed by atoms with Gasteiger partial charge in [-0.2, -0.15) is 0 Å². The van der Waals surface area contributed by atoms with Gasteiger partial charge in [0.1, 0.15) is 0 Å². The number of benzene rings is 1. The van der Waals surface area contributed by atoms with Gasteiger partial charge in [0.2, 0.25) is 5.91 Å². The van der Waals surface area contributed by atoms with Gasteiger partial charge in [0.05, 0.1) is 6.04 Å². The van der Waals surface area contributed by atoms with Crippen LogP contribution in [0, 0.1) is 0 Å². The van der Waals surface area contributed by atoms with Gasteiger partial charge in [0, 0.05) is 17.4 Å². The van der Waals surface area contributed by atoms with Crippen LogP contribution in [-0.2, 0) is 4.79 Å². The molecule has 1 aromatic carbocycles. The van der Waals surface area contributed by atoms with Crippen molar-refractivity contribution in [1.29, 1.82) is 0 Å². The van der Waals surface area contributed by atoms with Crippen molar-refractivity contribution in [2.24, 2.45) is 5.73 Å². The minimum absolute atomic E-state index is 0. The van der Waals surface area contributed by atoms with E-state index in [1.807, 2.05) is 24.3 Å². The standard InChI is InChI=1S/C14H21N3O.ClH/c1-10(15)14(18)17-13-8-4-7-12(9-13)16-11-5-2-3-6-11;/h4,7-11,16H,2-3,5-6,15H2,1H3,(H,17,18);1H. The highest BCUT2D eigenvalue weighted by atomic mass is 35.5. The summed E-state index contributed by atoms with van der Waals surface area (Å²) in [6, 6.07) is 7.88. The second-order valence-corrected chi connectivity index (χ2v) is 4.98. The van der Waals surface area contributed by atoms with E-state index < -0.39 is 6.04 Å². The molecule has 1 amide bonds. The van der Waals surface area contributed by atoms with E-state index in [0.29, 0.717) is 6.04 Å². The van der Waals surface area contributed by atoms with Crippen molar-refractivity contribution in [1.82, 2.24) is 0 Å². The maximum Gasteiger partial charge on any atom is 0.240 e. The maximum atomic E-state index is 11.5. The monoisotopic (exact) mass is 283 g/mol. The lowest BCUT2D eigenvalue weighted by Crippen LogP contribution is -2.32. The fourth-order valence-corrected chi connectivity index (χ4v) is 2.25. The average Bonchev–Trinajstić information content (AvgIpc) is 2.82. The minimum Gasteiger partial charge on any atom is -0.382 e. The van der Waals surface area contributed by atoms with Crippen LogP contribution in [0.25, 0.3) is 0 Å². The minimum atomic E-state index is -0.489. The first-order chi connectivity index (χ1) is 8.65. The Morgan fingerprint density at radius 2 is 1.95 bits per heavy atom.